The summed E-state index contributed by atoms with van der Waals surface area (Å²) in [6.45, 7) is 3.93. The molecule has 0 spiro atoms. The number of carboxylic acid groups (broad SMARTS) is 1. The number of carbonyl (C=O) groups excluding carboxylic acids is 1. The maximum atomic E-state index is 12.2. The van der Waals surface area contributed by atoms with Crippen molar-refractivity contribution in [2.45, 2.75) is 33.1 Å². The molecule has 0 unspecified atom stereocenters. The van der Waals surface area contributed by atoms with Crippen LogP contribution < -0.4 is 0 Å². The Kier molecular flexibility index (Phi) is 5.50. The molecule has 0 aliphatic heterocycles. The molecular weight excluding hydrogens is 320 g/mol. The predicted octanol–water partition coefficient (Wildman–Crippen LogP) is 2.91. The SMILES string of the molecule is Cc1cccc(C)c1Cc1cc(C(=O)CCC(=O)O)c(O)c(C#N)n1. The second-order valence-electron chi connectivity index (χ2n) is 5.83. The van der Waals surface area contributed by atoms with Crippen LogP contribution in [0, 0.1) is 25.2 Å². The number of carboxylic acids is 1. The molecular formula is C19H18N2O4. The van der Waals surface area contributed by atoms with E-state index in [0.29, 0.717) is 12.1 Å². The van der Waals surface area contributed by atoms with Crippen LogP contribution in [0.15, 0.2) is 24.3 Å². The third-order valence-corrected chi connectivity index (χ3v) is 4.02. The molecule has 25 heavy (non-hydrogen) atoms. The van der Waals surface area contributed by atoms with Crippen molar-refractivity contribution in [3.63, 3.8) is 0 Å². The Labute approximate surface area is 145 Å². The van der Waals surface area contributed by atoms with Crippen molar-refractivity contribution >= 4 is 11.8 Å². The predicted molar refractivity (Wildman–Crippen MR) is 90.5 cm³/mol. The summed E-state index contributed by atoms with van der Waals surface area (Å²) in [4.78, 5) is 27.0. The normalized spacial score (nSPS) is 10.3. The summed E-state index contributed by atoms with van der Waals surface area (Å²) in [6, 6.07) is 9.09. The third-order valence-electron chi connectivity index (χ3n) is 4.02. The van der Waals surface area contributed by atoms with Gasteiger partial charge < -0.3 is 10.2 Å². The zero-order valence-electron chi connectivity index (χ0n) is 14.0. The Balaban J connectivity index is 2.43. The molecule has 6 nitrogen and oxygen atoms in total. The average molecular weight is 338 g/mol. The number of hydrogen-bond donors (Lipinski definition) is 2. The molecule has 2 rings (SSSR count). The van der Waals surface area contributed by atoms with Gasteiger partial charge in [-0.2, -0.15) is 5.26 Å². The maximum Gasteiger partial charge on any atom is 0.303 e. The number of nitriles is 1. The van der Waals surface area contributed by atoms with Crippen LogP contribution >= 0.6 is 0 Å². The number of aromatic nitrogens is 1. The van der Waals surface area contributed by atoms with E-state index in [1.54, 1.807) is 6.07 Å². The average Bonchev–Trinajstić information content (AvgIpc) is 2.57. The number of pyridine rings is 1. The van der Waals surface area contributed by atoms with Crippen molar-refractivity contribution < 1.29 is 19.8 Å². The number of rotatable bonds is 6. The molecule has 0 saturated heterocycles. The van der Waals surface area contributed by atoms with E-state index >= 15 is 0 Å². The van der Waals surface area contributed by atoms with Gasteiger partial charge in [-0.1, -0.05) is 18.2 Å². The van der Waals surface area contributed by atoms with E-state index in [1.165, 1.54) is 6.07 Å². The highest BCUT2D eigenvalue weighted by Gasteiger charge is 2.19. The highest BCUT2D eigenvalue weighted by atomic mass is 16.4. The molecule has 2 aromatic rings. The summed E-state index contributed by atoms with van der Waals surface area (Å²) in [7, 11) is 0. The summed E-state index contributed by atoms with van der Waals surface area (Å²) in [5.74, 6) is -2.12. The zero-order chi connectivity index (χ0) is 18.6. The molecule has 1 aromatic carbocycles. The first kappa shape index (κ1) is 18.1. The van der Waals surface area contributed by atoms with Crippen LogP contribution in [-0.4, -0.2) is 26.9 Å². The van der Waals surface area contributed by atoms with Gasteiger partial charge in [0.25, 0.3) is 0 Å². The van der Waals surface area contributed by atoms with E-state index in [4.69, 9.17) is 10.4 Å². The minimum Gasteiger partial charge on any atom is -0.504 e. The van der Waals surface area contributed by atoms with Crippen LogP contribution in [0.2, 0.25) is 0 Å². The van der Waals surface area contributed by atoms with E-state index in [9.17, 15) is 14.7 Å². The number of hydrogen-bond acceptors (Lipinski definition) is 5. The molecule has 0 bridgehead atoms. The van der Waals surface area contributed by atoms with Gasteiger partial charge in [-0.05, 0) is 36.6 Å². The first-order chi connectivity index (χ1) is 11.8. The van der Waals surface area contributed by atoms with Gasteiger partial charge in [0, 0.05) is 18.5 Å². The largest absolute Gasteiger partial charge is 0.504 e. The standard InChI is InChI=1S/C19H18N2O4/c1-11-4-3-5-12(2)14(11)8-13-9-15(17(22)6-7-18(23)24)19(25)16(10-20)21-13/h3-5,9,25H,6-8H2,1-2H3,(H,23,24). The van der Waals surface area contributed by atoms with Gasteiger partial charge in [0.15, 0.2) is 17.2 Å². The molecule has 0 saturated carbocycles. The quantitative estimate of drug-likeness (QED) is 0.783. The minimum atomic E-state index is -1.10. The summed E-state index contributed by atoms with van der Waals surface area (Å²) >= 11 is 0. The second kappa shape index (κ2) is 7.58. The summed E-state index contributed by atoms with van der Waals surface area (Å²) in [5, 5.41) is 27.9. The fourth-order valence-electron chi connectivity index (χ4n) is 2.64. The number of Topliss-reactive ketones (excluding diaryl/α,β-unsaturated/α-hetero) is 1. The Bertz CT molecular complexity index is 861. The topological polar surface area (TPSA) is 111 Å². The fourth-order valence-corrected chi connectivity index (χ4v) is 2.64. The number of nitrogens with zero attached hydrogens (tertiary/aromatic N) is 2. The first-order valence-corrected chi connectivity index (χ1v) is 7.76. The first-order valence-electron chi connectivity index (χ1n) is 7.76. The van der Waals surface area contributed by atoms with Crippen molar-refractivity contribution in [2.24, 2.45) is 0 Å². The van der Waals surface area contributed by atoms with Crippen LogP contribution in [0.3, 0.4) is 0 Å². The summed E-state index contributed by atoms with van der Waals surface area (Å²) in [5.41, 5.74) is 3.34. The monoisotopic (exact) mass is 338 g/mol. The van der Waals surface area contributed by atoms with Crippen LogP contribution in [0.5, 0.6) is 5.75 Å². The molecule has 0 aliphatic rings. The van der Waals surface area contributed by atoms with Crippen molar-refractivity contribution in [3.8, 4) is 11.8 Å². The molecule has 0 fully saturated rings. The number of benzene rings is 1. The second-order valence-corrected chi connectivity index (χ2v) is 5.83. The number of aryl methyl sites for hydroxylation is 2. The van der Waals surface area contributed by atoms with Crippen LogP contribution in [-0.2, 0) is 11.2 Å². The van der Waals surface area contributed by atoms with Crippen LogP contribution in [0.4, 0.5) is 0 Å². The van der Waals surface area contributed by atoms with E-state index < -0.39 is 17.5 Å². The van der Waals surface area contributed by atoms with Crippen molar-refractivity contribution in [1.29, 1.82) is 5.26 Å². The molecule has 128 valence electrons. The molecule has 2 N–H and O–H groups in total. The lowest BCUT2D eigenvalue weighted by molar-refractivity contribution is -0.136. The highest BCUT2D eigenvalue weighted by Crippen LogP contribution is 2.26. The molecule has 6 heteroatoms. The lowest BCUT2D eigenvalue weighted by atomic mass is 9.96. The summed E-state index contributed by atoms with van der Waals surface area (Å²) < 4.78 is 0. The van der Waals surface area contributed by atoms with E-state index in [2.05, 4.69) is 4.98 Å². The summed E-state index contributed by atoms with van der Waals surface area (Å²) in [6.07, 6.45) is -0.179. The lowest BCUT2D eigenvalue weighted by Gasteiger charge is -2.11. The van der Waals surface area contributed by atoms with E-state index in [-0.39, 0.29) is 24.1 Å². The van der Waals surface area contributed by atoms with Gasteiger partial charge in [0.1, 0.15) is 6.07 Å². The molecule has 0 radical (unpaired) electrons. The Morgan fingerprint density at radius 3 is 2.40 bits per heavy atom. The van der Waals surface area contributed by atoms with Crippen LogP contribution in [0.25, 0.3) is 0 Å². The zero-order valence-corrected chi connectivity index (χ0v) is 14.0. The third kappa shape index (κ3) is 4.21. The van der Waals surface area contributed by atoms with Crippen LogP contribution in [0.1, 0.15) is 51.3 Å². The van der Waals surface area contributed by atoms with Gasteiger partial charge in [-0.3, -0.25) is 9.59 Å². The lowest BCUT2D eigenvalue weighted by Crippen LogP contribution is -2.08. The minimum absolute atomic E-state index is 0.0611. The molecule has 0 amide bonds. The molecule has 1 aromatic heterocycles. The van der Waals surface area contributed by atoms with Gasteiger partial charge in [-0.15, -0.1) is 0 Å². The van der Waals surface area contributed by atoms with Gasteiger partial charge in [0.2, 0.25) is 0 Å². The number of aromatic hydroxyl groups is 1. The molecule has 0 atom stereocenters. The van der Waals surface area contributed by atoms with Crippen molar-refractivity contribution in [3.05, 3.63) is 57.9 Å². The Morgan fingerprint density at radius 1 is 1.20 bits per heavy atom. The number of ketones is 1. The maximum absolute atomic E-state index is 12.2. The Hall–Kier alpha value is -3.20. The van der Waals surface area contributed by atoms with E-state index in [0.717, 1.165) is 16.7 Å². The fraction of sp³-hybridized carbons (Fsp3) is 0.263. The molecule has 1 heterocycles. The van der Waals surface area contributed by atoms with Gasteiger partial charge >= 0.3 is 5.97 Å². The van der Waals surface area contributed by atoms with Gasteiger partial charge in [-0.25, -0.2) is 4.98 Å². The van der Waals surface area contributed by atoms with E-state index in [1.807, 2.05) is 32.0 Å². The molecule has 0 aliphatic carbocycles. The number of carbonyl (C=O) groups is 2. The van der Waals surface area contributed by atoms with Gasteiger partial charge in [0.05, 0.1) is 12.0 Å². The number of aliphatic carboxylic acids is 1. The smallest absolute Gasteiger partial charge is 0.303 e. The highest BCUT2D eigenvalue weighted by molar-refractivity contribution is 6.00. The van der Waals surface area contributed by atoms with Crippen molar-refractivity contribution in [1.82, 2.24) is 4.98 Å². The Morgan fingerprint density at radius 2 is 1.84 bits per heavy atom. The van der Waals surface area contributed by atoms with Crippen molar-refractivity contribution in [2.75, 3.05) is 0 Å².